The smallest absolute Gasteiger partial charge is 0.335 e. The van der Waals surface area contributed by atoms with Crippen molar-refractivity contribution in [3.8, 4) is 0 Å². The second-order valence-electron chi connectivity index (χ2n) is 4.37. The van der Waals surface area contributed by atoms with Gasteiger partial charge in [0.2, 0.25) is 10.0 Å². The minimum absolute atomic E-state index is 0.0843. The number of carboxylic acids is 1. The number of benzene rings is 1. The molecule has 7 nitrogen and oxygen atoms in total. The molecule has 0 aromatic heterocycles. The van der Waals surface area contributed by atoms with Gasteiger partial charge in [-0.2, -0.15) is 0 Å². The summed E-state index contributed by atoms with van der Waals surface area (Å²) in [6.07, 6.45) is -0.459. The van der Waals surface area contributed by atoms with Crippen molar-refractivity contribution in [1.82, 2.24) is 4.72 Å². The molecular formula is C12H14FNO6S. The summed E-state index contributed by atoms with van der Waals surface area (Å²) < 4.78 is 50.2. The monoisotopic (exact) mass is 319 g/mol. The Morgan fingerprint density at radius 2 is 2.19 bits per heavy atom. The van der Waals surface area contributed by atoms with Crippen molar-refractivity contribution in [3.63, 3.8) is 0 Å². The van der Waals surface area contributed by atoms with E-state index in [1.54, 1.807) is 0 Å². The minimum Gasteiger partial charge on any atom is -0.478 e. The molecule has 1 aromatic carbocycles. The molecular weight excluding hydrogens is 305 g/mol. The third-order valence-electron chi connectivity index (χ3n) is 2.85. The van der Waals surface area contributed by atoms with Gasteiger partial charge in [0.25, 0.3) is 0 Å². The molecule has 2 rings (SSSR count). The molecule has 1 heterocycles. The van der Waals surface area contributed by atoms with Crippen molar-refractivity contribution in [2.45, 2.75) is 11.0 Å². The minimum atomic E-state index is -4.17. The van der Waals surface area contributed by atoms with Crippen LogP contribution in [0.5, 0.6) is 0 Å². The van der Waals surface area contributed by atoms with Crippen LogP contribution in [-0.4, -0.2) is 52.0 Å². The Morgan fingerprint density at radius 3 is 2.81 bits per heavy atom. The molecule has 1 saturated heterocycles. The molecule has 9 heteroatoms. The molecule has 2 N–H and O–H groups in total. The molecule has 0 saturated carbocycles. The molecule has 1 unspecified atom stereocenters. The number of sulfonamides is 1. The van der Waals surface area contributed by atoms with Crippen molar-refractivity contribution in [2.24, 2.45) is 0 Å². The van der Waals surface area contributed by atoms with Crippen LogP contribution >= 0.6 is 0 Å². The quantitative estimate of drug-likeness (QED) is 0.805. The molecule has 0 spiro atoms. The first kappa shape index (κ1) is 15.8. The summed E-state index contributed by atoms with van der Waals surface area (Å²) in [5, 5.41) is 8.83. The van der Waals surface area contributed by atoms with Crippen LogP contribution < -0.4 is 4.72 Å². The van der Waals surface area contributed by atoms with Crippen LogP contribution in [-0.2, 0) is 19.5 Å². The van der Waals surface area contributed by atoms with E-state index in [1.807, 2.05) is 0 Å². The van der Waals surface area contributed by atoms with Crippen LogP contribution in [0.3, 0.4) is 0 Å². The summed E-state index contributed by atoms with van der Waals surface area (Å²) >= 11 is 0. The molecule has 0 amide bonds. The van der Waals surface area contributed by atoms with Crippen molar-refractivity contribution in [3.05, 3.63) is 29.6 Å². The maximum Gasteiger partial charge on any atom is 0.335 e. The lowest BCUT2D eigenvalue weighted by molar-refractivity contribution is -0.0847. The number of hydrogen-bond acceptors (Lipinski definition) is 5. The van der Waals surface area contributed by atoms with Crippen LogP contribution in [0, 0.1) is 5.82 Å². The first-order valence-corrected chi connectivity index (χ1v) is 7.60. The zero-order valence-corrected chi connectivity index (χ0v) is 11.7. The molecule has 0 aliphatic carbocycles. The first-order valence-electron chi connectivity index (χ1n) is 6.12. The van der Waals surface area contributed by atoms with Crippen LogP contribution in [0.4, 0.5) is 4.39 Å². The van der Waals surface area contributed by atoms with Crippen LogP contribution in [0.1, 0.15) is 10.4 Å². The summed E-state index contributed by atoms with van der Waals surface area (Å²) in [6.45, 7) is 0.951. The zero-order chi connectivity index (χ0) is 15.5. The van der Waals surface area contributed by atoms with Gasteiger partial charge in [0, 0.05) is 6.54 Å². The predicted octanol–water partition coefficient (Wildman–Crippen LogP) is 0.218. The van der Waals surface area contributed by atoms with E-state index in [1.165, 1.54) is 0 Å². The Kier molecular flexibility index (Phi) is 4.88. The van der Waals surface area contributed by atoms with Gasteiger partial charge in [0.15, 0.2) is 0 Å². The highest BCUT2D eigenvalue weighted by Crippen LogP contribution is 2.16. The SMILES string of the molecule is O=C(O)c1ccc(F)c(S(=O)(=O)NCC2COCCO2)c1. The van der Waals surface area contributed by atoms with Crippen molar-refractivity contribution in [2.75, 3.05) is 26.4 Å². The lowest BCUT2D eigenvalue weighted by atomic mass is 10.2. The number of carboxylic acid groups (broad SMARTS) is 1. The normalized spacial score (nSPS) is 19.4. The predicted molar refractivity (Wildman–Crippen MR) is 69.1 cm³/mol. The summed E-state index contributed by atoms with van der Waals surface area (Å²) in [4.78, 5) is 10.1. The summed E-state index contributed by atoms with van der Waals surface area (Å²) in [7, 11) is -4.17. The topological polar surface area (TPSA) is 102 Å². The highest BCUT2D eigenvalue weighted by Gasteiger charge is 2.23. The van der Waals surface area contributed by atoms with Gasteiger partial charge in [0.1, 0.15) is 10.7 Å². The molecule has 1 fully saturated rings. The first-order chi connectivity index (χ1) is 9.90. The van der Waals surface area contributed by atoms with Gasteiger partial charge in [0.05, 0.1) is 31.5 Å². The highest BCUT2D eigenvalue weighted by atomic mass is 32.2. The second kappa shape index (κ2) is 6.48. The van der Waals surface area contributed by atoms with E-state index in [0.717, 1.165) is 18.2 Å². The highest BCUT2D eigenvalue weighted by molar-refractivity contribution is 7.89. The van der Waals surface area contributed by atoms with Gasteiger partial charge in [-0.25, -0.2) is 22.3 Å². The number of halogens is 1. The van der Waals surface area contributed by atoms with Gasteiger partial charge >= 0.3 is 5.97 Å². The van der Waals surface area contributed by atoms with Gasteiger partial charge in [-0.3, -0.25) is 0 Å². The number of hydrogen-bond donors (Lipinski definition) is 2. The number of ether oxygens (including phenoxy) is 2. The van der Waals surface area contributed by atoms with Crippen molar-refractivity contribution < 1.29 is 32.2 Å². The number of rotatable bonds is 5. The van der Waals surface area contributed by atoms with E-state index < -0.39 is 32.8 Å². The van der Waals surface area contributed by atoms with Crippen molar-refractivity contribution >= 4 is 16.0 Å². The van der Waals surface area contributed by atoms with E-state index in [9.17, 15) is 17.6 Å². The van der Waals surface area contributed by atoms with E-state index in [-0.39, 0.29) is 18.7 Å². The van der Waals surface area contributed by atoms with E-state index in [0.29, 0.717) is 13.2 Å². The average molecular weight is 319 g/mol. The molecule has 1 atom stereocenters. The average Bonchev–Trinajstić information content (AvgIpc) is 2.46. The zero-order valence-electron chi connectivity index (χ0n) is 10.9. The van der Waals surface area contributed by atoms with Gasteiger partial charge in [-0.15, -0.1) is 0 Å². The lowest BCUT2D eigenvalue weighted by Gasteiger charge is -2.23. The fourth-order valence-corrected chi connectivity index (χ4v) is 2.94. The van der Waals surface area contributed by atoms with Crippen LogP contribution in [0.15, 0.2) is 23.1 Å². The maximum atomic E-state index is 13.6. The lowest BCUT2D eigenvalue weighted by Crippen LogP contribution is -2.39. The third kappa shape index (κ3) is 3.97. The molecule has 116 valence electrons. The molecule has 0 bridgehead atoms. The van der Waals surface area contributed by atoms with Gasteiger partial charge in [-0.1, -0.05) is 0 Å². The molecule has 0 radical (unpaired) electrons. The maximum absolute atomic E-state index is 13.6. The Labute approximate surface area is 120 Å². The Balaban J connectivity index is 2.14. The van der Waals surface area contributed by atoms with E-state index >= 15 is 0 Å². The van der Waals surface area contributed by atoms with Crippen LogP contribution in [0.25, 0.3) is 0 Å². The summed E-state index contributed by atoms with van der Waals surface area (Å²) in [5.41, 5.74) is -0.311. The van der Waals surface area contributed by atoms with E-state index in [4.69, 9.17) is 14.6 Å². The largest absolute Gasteiger partial charge is 0.478 e. The Morgan fingerprint density at radius 1 is 1.43 bits per heavy atom. The van der Waals surface area contributed by atoms with Gasteiger partial charge in [-0.05, 0) is 18.2 Å². The standard InChI is InChI=1S/C12H14FNO6S/c13-10-2-1-8(12(15)16)5-11(10)21(17,18)14-6-9-7-19-3-4-20-9/h1-2,5,9,14H,3-4,6-7H2,(H,15,16). The second-order valence-corrected chi connectivity index (χ2v) is 6.11. The van der Waals surface area contributed by atoms with Gasteiger partial charge < -0.3 is 14.6 Å². The van der Waals surface area contributed by atoms with Crippen LogP contribution in [0.2, 0.25) is 0 Å². The summed E-state index contributed by atoms with van der Waals surface area (Å²) in [6, 6.07) is 2.57. The number of nitrogens with one attached hydrogen (secondary N) is 1. The molecule has 1 aliphatic heterocycles. The van der Waals surface area contributed by atoms with E-state index in [2.05, 4.69) is 4.72 Å². The fraction of sp³-hybridized carbons (Fsp3) is 0.417. The number of aromatic carboxylic acids is 1. The molecule has 1 aromatic rings. The summed E-state index contributed by atoms with van der Waals surface area (Å²) in [5.74, 6) is -2.36. The Bertz CT molecular complexity index is 627. The Hall–Kier alpha value is -1.55. The van der Waals surface area contributed by atoms with Crippen molar-refractivity contribution in [1.29, 1.82) is 0 Å². The molecule has 21 heavy (non-hydrogen) atoms. The molecule has 1 aliphatic rings. The fourth-order valence-electron chi connectivity index (χ4n) is 1.78. The third-order valence-corrected chi connectivity index (χ3v) is 4.29. The number of carbonyl (C=O) groups is 1.